The monoisotopic (exact) mass is 292 g/mol. The van der Waals surface area contributed by atoms with E-state index >= 15 is 0 Å². The Labute approximate surface area is 114 Å². The molecule has 0 heterocycles. The van der Waals surface area contributed by atoms with Crippen LogP contribution in [0, 0.1) is 10.1 Å². The van der Waals surface area contributed by atoms with Crippen LogP contribution >= 0.6 is 12.4 Å². The number of phenols is 1. The van der Waals surface area contributed by atoms with Crippen LogP contribution in [0.15, 0.2) is 12.1 Å². The van der Waals surface area contributed by atoms with Gasteiger partial charge in [0.2, 0.25) is 5.75 Å². The van der Waals surface area contributed by atoms with Gasteiger partial charge in [-0.15, -0.1) is 12.4 Å². The van der Waals surface area contributed by atoms with Crippen molar-refractivity contribution in [3.8, 4) is 11.5 Å². The van der Waals surface area contributed by atoms with Gasteiger partial charge in [-0.3, -0.25) is 14.9 Å². The summed E-state index contributed by atoms with van der Waals surface area (Å²) in [5, 5.41) is 20.3. The zero-order valence-corrected chi connectivity index (χ0v) is 11.0. The summed E-state index contributed by atoms with van der Waals surface area (Å²) in [4.78, 5) is 21.2. The Hall–Kier alpha value is -2.06. The van der Waals surface area contributed by atoms with E-state index in [1.165, 1.54) is 13.2 Å². The molecular weight excluding hydrogens is 280 g/mol. The number of nitrogens with two attached hydrogens (primary N) is 1. The van der Waals surface area contributed by atoms with Gasteiger partial charge in [0.15, 0.2) is 5.75 Å². The molecule has 0 fully saturated rings. The van der Waals surface area contributed by atoms with Gasteiger partial charge in [0.1, 0.15) is 6.04 Å². The Morgan fingerprint density at radius 1 is 1.47 bits per heavy atom. The first kappa shape index (κ1) is 16.9. The van der Waals surface area contributed by atoms with E-state index in [1.807, 2.05) is 0 Å². The van der Waals surface area contributed by atoms with Gasteiger partial charge in [0, 0.05) is 6.07 Å². The molecule has 1 rings (SSSR count). The number of ether oxygens (including phenoxy) is 2. The van der Waals surface area contributed by atoms with Crippen LogP contribution in [0.2, 0.25) is 0 Å². The van der Waals surface area contributed by atoms with Crippen molar-refractivity contribution in [2.75, 3.05) is 14.2 Å². The van der Waals surface area contributed by atoms with Crippen molar-refractivity contribution in [3.05, 3.63) is 27.8 Å². The molecule has 0 amide bonds. The highest BCUT2D eigenvalue weighted by molar-refractivity contribution is 5.85. The summed E-state index contributed by atoms with van der Waals surface area (Å²) in [6.45, 7) is 0. The van der Waals surface area contributed by atoms with Gasteiger partial charge in [0.05, 0.1) is 19.1 Å². The predicted octanol–water partition coefficient (Wildman–Crippen LogP) is 0.904. The van der Waals surface area contributed by atoms with Gasteiger partial charge in [-0.05, 0) is 11.6 Å². The summed E-state index contributed by atoms with van der Waals surface area (Å²) in [7, 11) is 2.38. The molecule has 0 aliphatic heterocycles. The highest BCUT2D eigenvalue weighted by atomic mass is 35.5. The van der Waals surface area contributed by atoms with Crippen molar-refractivity contribution in [1.82, 2.24) is 0 Å². The van der Waals surface area contributed by atoms with Crippen LogP contribution in [-0.4, -0.2) is 30.2 Å². The fraction of sp³-hybridized carbons (Fsp3) is 0.300. The molecule has 3 N–H and O–H groups in total. The average Bonchev–Trinajstić information content (AvgIpc) is 2.36. The average molecular weight is 293 g/mol. The summed E-state index contributed by atoms with van der Waals surface area (Å²) < 4.78 is 9.21. The van der Waals surface area contributed by atoms with Gasteiger partial charge in [-0.25, -0.2) is 0 Å². The summed E-state index contributed by atoms with van der Waals surface area (Å²) in [6.07, 6.45) is 0. The number of nitrogens with zero attached hydrogens (tertiary/aromatic N) is 1. The third-order valence-corrected chi connectivity index (χ3v) is 2.31. The van der Waals surface area contributed by atoms with E-state index in [0.29, 0.717) is 0 Å². The Bertz CT molecular complexity index is 493. The van der Waals surface area contributed by atoms with Crippen LogP contribution in [0.5, 0.6) is 11.5 Å². The molecule has 0 bridgehead atoms. The largest absolute Gasteiger partial charge is 0.500 e. The number of hydrogen-bond acceptors (Lipinski definition) is 7. The van der Waals surface area contributed by atoms with E-state index in [4.69, 9.17) is 10.5 Å². The molecule has 0 aliphatic rings. The molecular formula is C10H13ClN2O6. The minimum absolute atomic E-state index is 0. The quantitative estimate of drug-likeness (QED) is 0.480. The number of phenolic OH excluding ortho intramolecular Hbond substituents is 1. The van der Waals surface area contributed by atoms with Crippen LogP contribution in [0.4, 0.5) is 5.69 Å². The second-order valence-corrected chi connectivity index (χ2v) is 3.35. The topological polar surface area (TPSA) is 125 Å². The molecule has 19 heavy (non-hydrogen) atoms. The van der Waals surface area contributed by atoms with Crippen LogP contribution in [-0.2, 0) is 9.53 Å². The molecule has 0 radical (unpaired) electrons. The minimum atomic E-state index is -1.19. The molecule has 0 aliphatic carbocycles. The minimum Gasteiger partial charge on any atom is -0.500 e. The number of benzene rings is 1. The van der Waals surface area contributed by atoms with Gasteiger partial charge >= 0.3 is 11.7 Å². The maximum Gasteiger partial charge on any atom is 0.327 e. The number of carbonyl (C=O) groups is 1. The summed E-state index contributed by atoms with van der Waals surface area (Å²) in [5.74, 6) is -1.51. The number of halogens is 1. The smallest absolute Gasteiger partial charge is 0.327 e. The van der Waals surface area contributed by atoms with E-state index in [9.17, 15) is 20.0 Å². The van der Waals surface area contributed by atoms with Gasteiger partial charge < -0.3 is 20.3 Å². The second kappa shape index (κ2) is 6.76. The molecule has 0 saturated carbocycles. The highest BCUT2D eigenvalue weighted by Gasteiger charge is 2.25. The summed E-state index contributed by atoms with van der Waals surface area (Å²) >= 11 is 0. The maximum absolute atomic E-state index is 11.3. The van der Waals surface area contributed by atoms with Gasteiger partial charge in [-0.1, -0.05) is 0 Å². The van der Waals surface area contributed by atoms with Crippen molar-refractivity contribution in [2.45, 2.75) is 6.04 Å². The first-order chi connectivity index (χ1) is 8.42. The van der Waals surface area contributed by atoms with E-state index < -0.39 is 28.4 Å². The molecule has 0 saturated heterocycles. The van der Waals surface area contributed by atoms with E-state index in [2.05, 4.69) is 4.74 Å². The fourth-order valence-electron chi connectivity index (χ4n) is 1.35. The highest BCUT2D eigenvalue weighted by Crippen LogP contribution is 2.38. The molecule has 1 aromatic rings. The van der Waals surface area contributed by atoms with Crippen molar-refractivity contribution >= 4 is 24.1 Å². The number of aromatic hydroxyl groups is 1. The third-order valence-electron chi connectivity index (χ3n) is 2.31. The van der Waals surface area contributed by atoms with E-state index in [1.54, 1.807) is 0 Å². The maximum atomic E-state index is 11.3. The van der Waals surface area contributed by atoms with E-state index in [0.717, 1.165) is 13.2 Å². The number of carbonyl (C=O) groups excluding carboxylic acids is 1. The molecule has 106 valence electrons. The lowest BCUT2D eigenvalue weighted by atomic mass is 10.1. The first-order valence-electron chi connectivity index (χ1n) is 4.81. The van der Waals surface area contributed by atoms with Crippen molar-refractivity contribution < 1.29 is 24.3 Å². The molecule has 1 aromatic carbocycles. The van der Waals surface area contributed by atoms with E-state index in [-0.39, 0.29) is 23.7 Å². The van der Waals surface area contributed by atoms with Crippen molar-refractivity contribution in [3.63, 3.8) is 0 Å². The van der Waals surface area contributed by atoms with Crippen molar-refractivity contribution in [2.24, 2.45) is 5.73 Å². The van der Waals surface area contributed by atoms with Crippen LogP contribution in [0.25, 0.3) is 0 Å². The molecule has 0 spiro atoms. The first-order valence-corrected chi connectivity index (χ1v) is 4.81. The lowest BCUT2D eigenvalue weighted by Crippen LogP contribution is -2.22. The molecule has 0 aromatic heterocycles. The number of nitro benzene ring substituents is 1. The predicted molar refractivity (Wildman–Crippen MR) is 67.5 cm³/mol. The van der Waals surface area contributed by atoms with Gasteiger partial charge in [-0.2, -0.15) is 0 Å². The zero-order valence-electron chi connectivity index (χ0n) is 10.2. The number of methoxy groups -OCH3 is 2. The number of rotatable bonds is 4. The molecule has 0 unspecified atom stereocenters. The van der Waals surface area contributed by atoms with Crippen LogP contribution in [0.1, 0.15) is 11.6 Å². The lowest BCUT2D eigenvalue weighted by Gasteiger charge is -2.12. The SMILES string of the molecule is COC(=O)[C@@H](N)c1cc(OC)c(O)c([N+](=O)[O-])c1.Cl. The fourth-order valence-corrected chi connectivity index (χ4v) is 1.35. The Morgan fingerprint density at radius 3 is 2.47 bits per heavy atom. The Balaban J connectivity index is 0.00000324. The third kappa shape index (κ3) is 3.46. The lowest BCUT2D eigenvalue weighted by molar-refractivity contribution is -0.386. The summed E-state index contributed by atoms with van der Waals surface area (Å²) in [6, 6.07) is 1.05. The zero-order chi connectivity index (χ0) is 13.9. The number of nitro groups is 1. The molecule has 1 atom stereocenters. The van der Waals surface area contributed by atoms with Crippen LogP contribution < -0.4 is 10.5 Å². The Morgan fingerprint density at radius 2 is 2.05 bits per heavy atom. The second-order valence-electron chi connectivity index (χ2n) is 3.35. The number of esters is 1. The molecule has 8 nitrogen and oxygen atoms in total. The normalized spacial score (nSPS) is 11.1. The number of hydrogen-bond donors (Lipinski definition) is 2. The van der Waals surface area contributed by atoms with Crippen LogP contribution in [0.3, 0.4) is 0 Å². The Kier molecular flexibility index (Phi) is 6.03. The standard InChI is InChI=1S/C10H12N2O6.ClH/c1-17-7-4-5(8(11)10(14)18-2)3-6(9(7)13)12(15)16;/h3-4,8,13H,11H2,1-2H3;1H/t8-;/m0./s1. The van der Waals surface area contributed by atoms with Crippen molar-refractivity contribution in [1.29, 1.82) is 0 Å². The molecule has 9 heteroatoms. The summed E-state index contributed by atoms with van der Waals surface area (Å²) in [5.41, 5.74) is 5.08. The van der Waals surface area contributed by atoms with Gasteiger partial charge in [0.25, 0.3) is 0 Å².